The van der Waals surface area contributed by atoms with Gasteiger partial charge in [-0.1, -0.05) is 37.3 Å². The second kappa shape index (κ2) is 6.02. The number of benzene rings is 1. The Kier molecular flexibility index (Phi) is 4.97. The van der Waals surface area contributed by atoms with E-state index in [1.165, 1.54) is 5.56 Å². The number of hydrogen-bond acceptors (Lipinski definition) is 2. The topological polar surface area (TPSA) is 46.2 Å². The van der Waals surface area contributed by atoms with Gasteiger partial charge in [0.25, 0.3) is 0 Å². The summed E-state index contributed by atoms with van der Waals surface area (Å²) >= 11 is 0. The first-order valence-electron chi connectivity index (χ1n) is 5.99. The quantitative estimate of drug-likeness (QED) is 0.774. The van der Waals surface area contributed by atoms with Gasteiger partial charge in [0, 0.05) is 12.6 Å². The molecule has 90 valence electrons. The Morgan fingerprint density at radius 1 is 1.25 bits per heavy atom. The highest BCUT2D eigenvalue weighted by Crippen LogP contribution is 2.30. The summed E-state index contributed by atoms with van der Waals surface area (Å²) in [5.74, 6) is 0. The fraction of sp³-hybridized carbons (Fsp3) is 0.571. The van der Waals surface area contributed by atoms with Crippen molar-refractivity contribution in [2.24, 2.45) is 11.1 Å². The zero-order chi connectivity index (χ0) is 12.0. The van der Waals surface area contributed by atoms with Gasteiger partial charge in [-0.3, -0.25) is 0 Å². The van der Waals surface area contributed by atoms with Crippen LogP contribution in [-0.2, 0) is 6.42 Å². The van der Waals surface area contributed by atoms with Gasteiger partial charge < -0.3 is 10.8 Å². The van der Waals surface area contributed by atoms with Crippen LogP contribution in [0.5, 0.6) is 0 Å². The van der Waals surface area contributed by atoms with E-state index in [-0.39, 0.29) is 18.1 Å². The lowest BCUT2D eigenvalue weighted by Gasteiger charge is -2.33. The summed E-state index contributed by atoms with van der Waals surface area (Å²) in [5, 5.41) is 9.09. The van der Waals surface area contributed by atoms with E-state index in [4.69, 9.17) is 10.8 Å². The van der Waals surface area contributed by atoms with E-state index in [1.54, 1.807) is 0 Å². The molecule has 0 aromatic heterocycles. The van der Waals surface area contributed by atoms with Crippen molar-refractivity contribution in [2.75, 3.05) is 6.61 Å². The molecule has 0 aliphatic carbocycles. The van der Waals surface area contributed by atoms with Crippen molar-refractivity contribution in [1.29, 1.82) is 0 Å². The highest BCUT2D eigenvalue weighted by atomic mass is 16.3. The monoisotopic (exact) mass is 221 g/mol. The maximum absolute atomic E-state index is 9.09. The van der Waals surface area contributed by atoms with Crippen molar-refractivity contribution in [3.05, 3.63) is 35.9 Å². The van der Waals surface area contributed by atoms with Crippen molar-refractivity contribution in [3.63, 3.8) is 0 Å². The van der Waals surface area contributed by atoms with Crippen molar-refractivity contribution in [2.45, 2.75) is 39.2 Å². The molecule has 0 heterocycles. The molecule has 0 saturated heterocycles. The third-order valence-electron chi connectivity index (χ3n) is 3.61. The molecule has 1 rings (SSSR count). The standard InChI is InChI=1S/C14H23NO/c1-12(15)14(2,10-11-16)9-8-13-6-4-3-5-7-13/h3-7,12,16H,8-11,15H2,1-2H3. The largest absolute Gasteiger partial charge is 0.396 e. The predicted octanol–water partition coefficient (Wildman–Crippen LogP) is 2.36. The Labute approximate surface area is 98.5 Å². The number of aliphatic hydroxyl groups excluding tert-OH is 1. The Bertz CT molecular complexity index is 297. The summed E-state index contributed by atoms with van der Waals surface area (Å²) < 4.78 is 0. The van der Waals surface area contributed by atoms with Gasteiger partial charge in [-0.05, 0) is 37.2 Å². The molecule has 0 saturated carbocycles. The van der Waals surface area contributed by atoms with Crippen LogP contribution >= 0.6 is 0 Å². The molecular formula is C14H23NO. The van der Waals surface area contributed by atoms with E-state index in [2.05, 4.69) is 31.2 Å². The summed E-state index contributed by atoms with van der Waals surface area (Å²) in [5.41, 5.74) is 7.38. The third kappa shape index (κ3) is 3.62. The lowest BCUT2D eigenvalue weighted by molar-refractivity contribution is 0.161. The van der Waals surface area contributed by atoms with Gasteiger partial charge in [0.2, 0.25) is 0 Å². The van der Waals surface area contributed by atoms with Gasteiger partial charge in [0.05, 0.1) is 0 Å². The second-order valence-electron chi connectivity index (χ2n) is 4.90. The molecule has 16 heavy (non-hydrogen) atoms. The lowest BCUT2D eigenvalue weighted by Crippen LogP contribution is -2.38. The molecule has 0 amide bonds. The molecule has 0 spiro atoms. The van der Waals surface area contributed by atoms with Crippen molar-refractivity contribution >= 4 is 0 Å². The van der Waals surface area contributed by atoms with Crippen LogP contribution in [0.1, 0.15) is 32.3 Å². The normalized spacial score (nSPS) is 16.8. The van der Waals surface area contributed by atoms with Crippen LogP contribution in [0.4, 0.5) is 0 Å². The maximum Gasteiger partial charge on any atom is 0.0436 e. The summed E-state index contributed by atoms with van der Waals surface area (Å²) in [6, 6.07) is 10.5. The Hall–Kier alpha value is -0.860. The summed E-state index contributed by atoms with van der Waals surface area (Å²) in [7, 11) is 0. The first kappa shape index (κ1) is 13.2. The fourth-order valence-corrected chi connectivity index (χ4v) is 1.91. The van der Waals surface area contributed by atoms with E-state index in [0.29, 0.717) is 0 Å². The molecule has 0 aliphatic rings. The molecule has 1 aromatic carbocycles. The van der Waals surface area contributed by atoms with Gasteiger partial charge in [0.1, 0.15) is 0 Å². The molecular weight excluding hydrogens is 198 g/mol. The number of aliphatic hydroxyl groups is 1. The fourth-order valence-electron chi connectivity index (χ4n) is 1.91. The molecule has 0 fully saturated rings. The number of aryl methyl sites for hydroxylation is 1. The highest BCUT2D eigenvalue weighted by molar-refractivity contribution is 5.15. The van der Waals surface area contributed by atoms with Crippen molar-refractivity contribution in [1.82, 2.24) is 0 Å². The zero-order valence-corrected chi connectivity index (χ0v) is 10.3. The van der Waals surface area contributed by atoms with Crippen LogP contribution < -0.4 is 5.73 Å². The number of rotatable bonds is 6. The van der Waals surface area contributed by atoms with Gasteiger partial charge in [-0.15, -0.1) is 0 Å². The van der Waals surface area contributed by atoms with Crippen molar-refractivity contribution < 1.29 is 5.11 Å². The minimum atomic E-state index is 0.0323. The average molecular weight is 221 g/mol. The van der Waals surface area contributed by atoms with E-state index < -0.39 is 0 Å². The molecule has 2 heteroatoms. The minimum absolute atomic E-state index is 0.0323. The van der Waals surface area contributed by atoms with Gasteiger partial charge in [0.15, 0.2) is 0 Å². The van der Waals surface area contributed by atoms with Gasteiger partial charge in [-0.25, -0.2) is 0 Å². The minimum Gasteiger partial charge on any atom is -0.396 e. The molecule has 2 unspecified atom stereocenters. The van der Waals surface area contributed by atoms with Crippen LogP contribution in [0.15, 0.2) is 30.3 Å². The number of hydrogen-bond donors (Lipinski definition) is 2. The van der Waals surface area contributed by atoms with Crippen LogP contribution in [0.3, 0.4) is 0 Å². The second-order valence-corrected chi connectivity index (χ2v) is 4.90. The summed E-state index contributed by atoms with van der Waals surface area (Å²) in [6.07, 6.45) is 2.83. The highest BCUT2D eigenvalue weighted by Gasteiger charge is 2.27. The van der Waals surface area contributed by atoms with Crippen LogP contribution in [0.2, 0.25) is 0 Å². The third-order valence-corrected chi connectivity index (χ3v) is 3.61. The van der Waals surface area contributed by atoms with Crippen LogP contribution in [-0.4, -0.2) is 17.8 Å². The van der Waals surface area contributed by atoms with Crippen LogP contribution in [0.25, 0.3) is 0 Å². The predicted molar refractivity (Wildman–Crippen MR) is 68.2 cm³/mol. The van der Waals surface area contributed by atoms with Gasteiger partial charge in [-0.2, -0.15) is 0 Å². The first-order valence-corrected chi connectivity index (χ1v) is 5.99. The molecule has 0 radical (unpaired) electrons. The first-order chi connectivity index (χ1) is 7.58. The Morgan fingerprint density at radius 2 is 1.88 bits per heavy atom. The molecule has 1 aromatic rings. The molecule has 2 nitrogen and oxygen atoms in total. The van der Waals surface area contributed by atoms with Crippen molar-refractivity contribution in [3.8, 4) is 0 Å². The Morgan fingerprint density at radius 3 is 2.38 bits per heavy atom. The lowest BCUT2D eigenvalue weighted by atomic mass is 9.76. The summed E-state index contributed by atoms with van der Waals surface area (Å²) in [6.45, 7) is 4.41. The van der Waals surface area contributed by atoms with Gasteiger partial charge >= 0.3 is 0 Å². The van der Waals surface area contributed by atoms with Crippen LogP contribution in [0, 0.1) is 5.41 Å². The molecule has 0 aliphatic heterocycles. The average Bonchev–Trinajstić information content (AvgIpc) is 2.28. The SMILES string of the molecule is CC(N)C(C)(CCO)CCc1ccccc1. The van der Waals surface area contributed by atoms with E-state index in [1.807, 2.05) is 13.0 Å². The maximum atomic E-state index is 9.09. The molecule has 0 bridgehead atoms. The van der Waals surface area contributed by atoms with E-state index in [0.717, 1.165) is 19.3 Å². The smallest absolute Gasteiger partial charge is 0.0436 e. The zero-order valence-electron chi connectivity index (χ0n) is 10.3. The number of nitrogens with two attached hydrogens (primary N) is 1. The van der Waals surface area contributed by atoms with E-state index in [9.17, 15) is 0 Å². The summed E-state index contributed by atoms with van der Waals surface area (Å²) in [4.78, 5) is 0. The molecule has 3 N–H and O–H groups in total. The Balaban J connectivity index is 2.57. The molecule has 2 atom stereocenters. The van der Waals surface area contributed by atoms with E-state index >= 15 is 0 Å².